The Labute approximate surface area is 108 Å². The van der Waals surface area contributed by atoms with E-state index in [4.69, 9.17) is 0 Å². The molecular weight excluding hydrogens is 244 g/mol. The van der Waals surface area contributed by atoms with E-state index in [1.165, 1.54) is 6.42 Å². The Bertz CT molecular complexity index is 603. The lowest BCUT2D eigenvalue weighted by molar-refractivity contribution is 0.166. The molecule has 0 amide bonds. The summed E-state index contributed by atoms with van der Waals surface area (Å²) in [5, 5.41) is -0.134. The lowest BCUT2D eigenvalue weighted by Crippen LogP contribution is -2.48. The summed E-state index contributed by atoms with van der Waals surface area (Å²) in [5.41, 5.74) is 0. The molecule has 2 bridgehead atoms. The standard InChI is InChI=1S/C15H16O2S/c16-18(17,12-4-2-1-3-5-12)14-9-13-10-6-7-11(8-10)15(13)14/h1-7,10-11,13-15H,8-9H2/t10-,11+,13+,14-,15-/m1/s1. The van der Waals surface area contributed by atoms with Crippen LogP contribution in [0.25, 0.3) is 0 Å². The molecule has 18 heavy (non-hydrogen) atoms. The average molecular weight is 260 g/mol. The molecule has 4 rings (SSSR count). The van der Waals surface area contributed by atoms with Crippen LogP contribution < -0.4 is 0 Å². The van der Waals surface area contributed by atoms with Gasteiger partial charge in [-0.05, 0) is 48.6 Å². The fourth-order valence-electron chi connectivity index (χ4n) is 4.19. The van der Waals surface area contributed by atoms with Gasteiger partial charge < -0.3 is 0 Å². The average Bonchev–Trinajstić information content (AvgIpc) is 2.86. The zero-order chi connectivity index (χ0) is 12.3. The van der Waals surface area contributed by atoms with E-state index in [0.717, 1.165) is 6.42 Å². The van der Waals surface area contributed by atoms with Crippen LogP contribution in [-0.2, 0) is 9.84 Å². The number of rotatable bonds is 2. The number of fused-ring (bicyclic) bond motifs is 5. The largest absolute Gasteiger partial charge is 0.223 e. The molecule has 1 aromatic rings. The third kappa shape index (κ3) is 1.26. The molecule has 2 nitrogen and oxygen atoms in total. The first-order valence-corrected chi connectivity index (χ1v) is 8.20. The highest BCUT2D eigenvalue weighted by Crippen LogP contribution is 2.60. The van der Waals surface area contributed by atoms with Crippen LogP contribution in [0.4, 0.5) is 0 Å². The number of hydrogen-bond donors (Lipinski definition) is 0. The molecule has 0 aromatic heterocycles. The lowest BCUT2D eigenvalue weighted by Gasteiger charge is -2.45. The summed E-state index contributed by atoms with van der Waals surface area (Å²) >= 11 is 0. The predicted molar refractivity (Wildman–Crippen MR) is 69.7 cm³/mol. The Kier molecular flexibility index (Phi) is 2.08. The van der Waals surface area contributed by atoms with E-state index in [-0.39, 0.29) is 5.25 Å². The number of benzene rings is 1. The van der Waals surface area contributed by atoms with Gasteiger partial charge in [0.05, 0.1) is 10.1 Å². The van der Waals surface area contributed by atoms with E-state index >= 15 is 0 Å². The molecule has 0 aliphatic heterocycles. The molecule has 0 spiro atoms. The zero-order valence-corrected chi connectivity index (χ0v) is 10.9. The summed E-state index contributed by atoms with van der Waals surface area (Å²) < 4.78 is 25.2. The van der Waals surface area contributed by atoms with Gasteiger partial charge in [0.15, 0.2) is 9.84 Å². The Morgan fingerprint density at radius 1 is 0.944 bits per heavy atom. The third-order valence-corrected chi connectivity index (χ3v) is 7.33. The van der Waals surface area contributed by atoms with Crippen molar-refractivity contribution in [2.75, 3.05) is 0 Å². The maximum Gasteiger partial charge on any atom is 0.181 e. The first kappa shape index (κ1) is 10.8. The van der Waals surface area contributed by atoms with Crippen molar-refractivity contribution in [2.24, 2.45) is 23.7 Å². The minimum atomic E-state index is -3.11. The highest BCUT2D eigenvalue weighted by Gasteiger charge is 2.59. The van der Waals surface area contributed by atoms with Crippen LogP contribution in [0.2, 0.25) is 0 Å². The molecule has 94 valence electrons. The zero-order valence-electron chi connectivity index (χ0n) is 10.1. The highest BCUT2D eigenvalue weighted by molar-refractivity contribution is 7.92. The maximum atomic E-state index is 12.6. The number of allylic oxidation sites excluding steroid dienone is 2. The number of sulfone groups is 1. The normalized spacial score (nSPS) is 40.6. The first-order chi connectivity index (χ1) is 8.68. The summed E-state index contributed by atoms with van der Waals surface area (Å²) in [6, 6.07) is 8.94. The molecular formula is C15H16O2S. The van der Waals surface area contributed by atoms with Crippen molar-refractivity contribution in [1.29, 1.82) is 0 Å². The SMILES string of the molecule is O=S(=O)(c1ccccc1)[C@@H]1C[C@@H]2[C@H]1[C@H]1C=C[C@@H]2C1. The molecule has 0 N–H and O–H groups in total. The van der Waals surface area contributed by atoms with E-state index in [1.54, 1.807) is 12.1 Å². The van der Waals surface area contributed by atoms with Crippen LogP contribution in [0, 0.1) is 23.7 Å². The highest BCUT2D eigenvalue weighted by atomic mass is 32.2. The van der Waals surface area contributed by atoms with Crippen LogP contribution in [0.15, 0.2) is 47.4 Å². The smallest absolute Gasteiger partial charge is 0.181 e. The molecule has 0 saturated heterocycles. The maximum absolute atomic E-state index is 12.6. The first-order valence-electron chi connectivity index (χ1n) is 6.65. The monoisotopic (exact) mass is 260 g/mol. The Morgan fingerprint density at radius 3 is 2.39 bits per heavy atom. The second-order valence-corrected chi connectivity index (χ2v) is 7.99. The van der Waals surface area contributed by atoms with E-state index in [0.29, 0.717) is 28.6 Å². The van der Waals surface area contributed by atoms with E-state index in [1.807, 2.05) is 18.2 Å². The summed E-state index contributed by atoms with van der Waals surface area (Å²) in [6.07, 6.45) is 6.61. The molecule has 0 unspecified atom stereocenters. The van der Waals surface area contributed by atoms with Gasteiger partial charge in [0, 0.05) is 0 Å². The van der Waals surface area contributed by atoms with Crippen LogP contribution in [0.3, 0.4) is 0 Å². The molecule has 2 saturated carbocycles. The molecule has 5 atom stereocenters. The van der Waals surface area contributed by atoms with Crippen molar-refractivity contribution in [3.63, 3.8) is 0 Å². The van der Waals surface area contributed by atoms with Crippen molar-refractivity contribution in [3.8, 4) is 0 Å². The second-order valence-electron chi connectivity index (χ2n) is 5.82. The van der Waals surface area contributed by atoms with Crippen LogP contribution in [0.1, 0.15) is 12.8 Å². The lowest BCUT2D eigenvalue weighted by atomic mass is 9.67. The van der Waals surface area contributed by atoms with Crippen molar-refractivity contribution in [3.05, 3.63) is 42.5 Å². The van der Waals surface area contributed by atoms with Gasteiger partial charge in [-0.25, -0.2) is 8.42 Å². The Balaban J connectivity index is 1.68. The van der Waals surface area contributed by atoms with Crippen molar-refractivity contribution in [1.82, 2.24) is 0 Å². The summed E-state index contributed by atoms with van der Waals surface area (Å²) in [4.78, 5) is 0.500. The topological polar surface area (TPSA) is 34.1 Å². The molecule has 1 aromatic carbocycles. The summed E-state index contributed by atoms with van der Waals surface area (Å²) in [7, 11) is -3.11. The minimum Gasteiger partial charge on any atom is -0.223 e. The van der Waals surface area contributed by atoms with Gasteiger partial charge in [0.1, 0.15) is 0 Å². The fraction of sp³-hybridized carbons (Fsp3) is 0.467. The molecule has 2 fully saturated rings. The van der Waals surface area contributed by atoms with Gasteiger partial charge >= 0.3 is 0 Å². The van der Waals surface area contributed by atoms with E-state index < -0.39 is 9.84 Å². The quantitative estimate of drug-likeness (QED) is 0.766. The molecule has 3 aliphatic rings. The molecule has 0 radical (unpaired) electrons. The van der Waals surface area contributed by atoms with Crippen LogP contribution >= 0.6 is 0 Å². The summed E-state index contributed by atoms with van der Waals surface area (Å²) in [6.45, 7) is 0. The van der Waals surface area contributed by atoms with E-state index in [9.17, 15) is 8.42 Å². The third-order valence-electron chi connectivity index (χ3n) is 5.09. The summed E-state index contributed by atoms with van der Waals surface area (Å²) in [5.74, 6) is 2.23. The van der Waals surface area contributed by atoms with Gasteiger partial charge in [-0.3, -0.25) is 0 Å². The van der Waals surface area contributed by atoms with Crippen LogP contribution in [-0.4, -0.2) is 13.7 Å². The van der Waals surface area contributed by atoms with Gasteiger partial charge in [-0.1, -0.05) is 30.4 Å². The molecule has 3 aliphatic carbocycles. The van der Waals surface area contributed by atoms with Gasteiger partial charge in [0.25, 0.3) is 0 Å². The van der Waals surface area contributed by atoms with Gasteiger partial charge in [-0.2, -0.15) is 0 Å². The van der Waals surface area contributed by atoms with Crippen molar-refractivity contribution >= 4 is 9.84 Å². The predicted octanol–water partition coefficient (Wildman–Crippen LogP) is 2.67. The van der Waals surface area contributed by atoms with Crippen LogP contribution in [0.5, 0.6) is 0 Å². The molecule has 3 heteroatoms. The Hall–Kier alpha value is -1.09. The van der Waals surface area contributed by atoms with E-state index in [2.05, 4.69) is 12.2 Å². The molecule has 0 heterocycles. The van der Waals surface area contributed by atoms with Crippen molar-refractivity contribution < 1.29 is 8.42 Å². The fourth-order valence-corrected chi connectivity index (χ4v) is 6.37. The minimum absolute atomic E-state index is 0.134. The van der Waals surface area contributed by atoms with Gasteiger partial charge in [0.2, 0.25) is 0 Å². The van der Waals surface area contributed by atoms with Gasteiger partial charge in [-0.15, -0.1) is 0 Å². The van der Waals surface area contributed by atoms with Crippen molar-refractivity contribution in [2.45, 2.75) is 23.0 Å². The second kappa shape index (κ2) is 3.47. The number of hydrogen-bond acceptors (Lipinski definition) is 2. The Morgan fingerprint density at radius 2 is 1.67 bits per heavy atom.